The van der Waals surface area contributed by atoms with Crippen LogP contribution in [0.3, 0.4) is 0 Å². The van der Waals surface area contributed by atoms with E-state index in [-0.39, 0.29) is 5.91 Å². The Morgan fingerprint density at radius 1 is 1.37 bits per heavy atom. The first-order valence-corrected chi connectivity index (χ1v) is 6.45. The predicted molar refractivity (Wildman–Crippen MR) is 74.0 cm³/mol. The van der Waals surface area contributed by atoms with Gasteiger partial charge in [0.25, 0.3) is 0 Å². The van der Waals surface area contributed by atoms with Crippen LogP contribution in [0, 0.1) is 0 Å². The number of hydrogen-bond acceptors (Lipinski definition) is 4. The number of carbonyl (C=O) groups excluding carboxylic acids is 1. The number of hydrogen-bond donors (Lipinski definition) is 1. The highest BCUT2D eigenvalue weighted by molar-refractivity contribution is 5.75. The van der Waals surface area contributed by atoms with E-state index in [1.807, 2.05) is 12.1 Å². The lowest BCUT2D eigenvalue weighted by Crippen LogP contribution is -2.49. The Kier molecular flexibility index (Phi) is 4.39. The first-order chi connectivity index (χ1) is 9.10. The topological polar surface area (TPSA) is 58.8 Å². The molecule has 1 aromatic carbocycles. The van der Waals surface area contributed by atoms with Crippen LogP contribution in [0.5, 0.6) is 5.75 Å². The van der Waals surface area contributed by atoms with Crippen LogP contribution in [0.15, 0.2) is 24.3 Å². The van der Waals surface area contributed by atoms with Gasteiger partial charge in [-0.2, -0.15) is 0 Å². The van der Waals surface area contributed by atoms with Crippen molar-refractivity contribution in [3.63, 3.8) is 0 Å². The van der Waals surface area contributed by atoms with Gasteiger partial charge in [0, 0.05) is 25.7 Å². The second-order valence-corrected chi connectivity index (χ2v) is 4.97. The molecule has 1 aliphatic heterocycles. The van der Waals surface area contributed by atoms with Gasteiger partial charge < -0.3 is 10.5 Å². The number of nitrogens with two attached hydrogens (primary N) is 1. The second-order valence-electron chi connectivity index (χ2n) is 4.97. The summed E-state index contributed by atoms with van der Waals surface area (Å²) in [5, 5.41) is 0. The largest absolute Gasteiger partial charge is 0.497 e. The van der Waals surface area contributed by atoms with Crippen LogP contribution < -0.4 is 10.5 Å². The normalized spacial score (nSPS) is 21.3. The van der Waals surface area contributed by atoms with Crippen molar-refractivity contribution in [3.05, 3.63) is 29.8 Å². The summed E-state index contributed by atoms with van der Waals surface area (Å²) < 4.78 is 5.17. The summed E-state index contributed by atoms with van der Waals surface area (Å²) in [7, 11) is 3.77. The van der Waals surface area contributed by atoms with Crippen LogP contribution in [0.2, 0.25) is 0 Å². The molecule has 0 unspecified atom stereocenters. The first-order valence-electron chi connectivity index (χ1n) is 6.45. The van der Waals surface area contributed by atoms with Gasteiger partial charge in [0.2, 0.25) is 5.91 Å². The van der Waals surface area contributed by atoms with E-state index in [2.05, 4.69) is 29.0 Å². The molecule has 1 aromatic rings. The number of benzene rings is 1. The van der Waals surface area contributed by atoms with Gasteiger partial charge in [-0.3, -0.25) is 14.6 Å². The lowest BCUT2D eigenvalue weighted by Gasteiger charge is -2.39. The lowest BCUT2D eigenvalue weighted by atomic mass is 10.0. The molecule has 19 heavy (non-hydrogen) atoms. The zero-order valence-electron chi connectivity index (χ0n) is 11.5. The number of amides is 1. The van der Waals surface area contributed by atoms with E-state index in [4.69, 9.17) is 10.5 Å². The number of primary amides is 1. The molecule has 2 N–H and O–H groups in total. The maximum Gasteiger partial charge on any atom is 0.231 e. The van der Waals surface area contributed by atoms with Gasteiger partial charge in [0.05, 0.1) is 13.7 Å². The van der Waals surface area contributed by atoms with E-state index < -0.39 is 0 Å². The molecule has 1 atom stereocenters. The van der Waals surface area contributed by atoms with Crippen molar-refractivity contribution in [1.82, 2.24) is 9.80 Å². The molecule has 5 nitrogen and oxygen atoms in total. The van der Waals surface area contributed by atoms with Gasteiger partial charge in [-0.05, 0) is 24.7 Å². The van der Waals surface area contributed by atoms with E-state index in [0.29, 0.717) is 12.6 Å². The van der Waals surface area contributed by atoms with Crippen molar-refractivity contribution in [3.8, 4) is 5.75 Å². The summed E-state index contributed by atoms with van der Waals surface area (Å²) in [5.74, 6) is 0.592. The van der Waals surface area contributed by atoms with Crippen molar-refractivity contribution in [2.75, 3.05) is 40.3 Å². The van der Waals surface area contributed by atoms with Crippen LogP contribution in [-0.2, 0) is 4.79 Å². The average molecular weight is 263 g/mol. The maximum atomic E-state index is 11.0. The molecule has 2 rings (SSSR count). The zero-order chi connectivity index (χ0) is 13.8. The SMILES string of the molecule is COc1ccc([C@H]2CN(CC(N)=O)CCN2C)cc1. The Balaban J connectivity index is 2.09. The van der Waals surface area contributed by atoms with Gasteiger partial charge in [-0.1, -0.05) is 12.1 Å². The number of ether oxygens (including phenoxy) is 1. The Labute approximate surface area is 113 Å². The second kappa shape index (κ2) is 6.04. The van der Waals surface area contributed by atoms with Crippen molar-refractivity contribution in [2.24, 2.45) is 5.73 Å². The van der Waals surface area contributed by atoms with Crippen LogP contribution in [0.25, 0.3) is 0 Å². The van der Waals surface area contributed by atoms with Crippen LogP contribution in [0.4, 0.5) is 0 Å². The summed E-state index contributed by atoms with van der Waals surface area (Å²) in [6.45, 7) is 2.97. The Morgan fingerprint density at radius 3 is 2.63 bits per heavy atom. The predicted octanol–water partition coefficient (Wildman–Crippen LogP) is 0.469. The van der Waals surface area contributed by atoms with E-state index in [1.54, 1.807) is 7.11 Å². The highest BCUT2D eigenvalue weighted by Gasteiger charge is 2.26. The average Bonchev–Trinajstić information content (AvgIpc) is 2.40. The molecular weight excluding hydrogens is 242 g/mol. The fourth-order valence-electron chi connectivity index (χ4n) is 2.48. The van der Waals surface area contributed by atoms with Crippen LogP contribution >= 0.6 is 0 Å². The summed E-state index contributed by atoms with van der Waals surface area (Å²) in [5.41, 5.74) is 6.50. The molecule has 1 fully saturated rings. The summed E-state index contributed by atoms with van der Waals surface area (Å²) in [6.07, 6.45) is 0. The van der Waals surface area contributed by atoms with Gasteiger partial charge in [-0.25, -0.2) is 0 Å². The molecule has 1 saturated heterocycles. The molecular formula is C14H21N3O2. The number of carbonyl (C=O) groups is 1. The number of piperazine rings is 1. The molecule has 0 radical (unpaired) electrons. The Bertz CT molecular complexity index is 433. The Morgan fingerprint density at radius 2 is 2.05 bits per heavy atom. The van der Waals surface area contributed by atoms with Gasteiger partial charge >= 0.3 is 0 Å². The van der Waals surface area contributed by atoms with E-state index >= 15 is 0 Å². The minimum absolute atomic E-state index is 0.266. The third-order valence-corrected chi connectivity index (χ3v) is 3.61. The summed E-state index contributed by atoms with van der Waals surface area (Å²) in [6, 6.07) is 8.38. The summed E-state index contributed by atoms with van der Waals surface area (Å²) in [4.78, 5) is 15.4. The van der Waals surface area contributed by atoms with Gasteiger partial charge in [0.15, 0.2) is 0 Å². The zero-order valence-corrected chi connectivity index (χ0v) is 11.5. The fraction of sp³-hybridized carbons (Fsp3) is 0.500. The molecule has 0 aliphatic carbocycles. The third kappa shape index (κ3) is 3.45. The van der Waals surface area contributed by atoms with E-state index in [0.717, 1.165) is 25.4 Å². The lowest BCUT2D eigenvalue weighted by molar-refractivity contribution is -0.119. The number of methoxy groups -OCH3 is 1. The van der Waals surface area contributed by atoms with E-state index in [1.165, 1.54) is 5.56 Å². The summed E-state index contributed by atoms with van der Waals surface area (Å²) >= 11 is 0. The quantitative estimate of drug-likeness (QED) is 0.858. The van der Waals surface area contributed by atoms with Gasteiger partial charge in [0.1, 0.15) is 5.75 Å². The molecule has 104 valence electrons. The molecule has 1 heterocycles. The monoisotopic (exact) mass is 263 g/mol. The van der Waals surface area contributed by atoms with Crippen molar-refractivity contribution in [2.45, 2.75) is 6.04 Å². The van der Waals surface area contributed by atoms with E-state index in [9.17, 15) is 4.79 Å². The number of likely N-dealkylation sites (N-methyl/N-ethyl adjacent to an activating group) is 1. The van der Waals surface area contributed by atoms with Crippen LogP contribution in [0.1, 0.15) is 11.6 Å². The molecule has 0 spiro atoms. The smallest absolute Gasteiger partial charge is 0.231 e. The molecule has 1 aliphatic rings. The maximum absolute atomic E-state index is 11.0. The Hall–Kier alpha value is -1.59. The molecule has 0 aromatic heterocycles. The minimum atomic E-state index is -0.266. The molecule has 0 bridgehead atoms. The first kappa shape index (κ1) is 13.8. The molecule has 1 amide bonds. The van der Waals surface area contributed by atoms with Crippen molar-refractivity contribution < 1.29 is 9.53 Å². The number of nitrogens with zero attached hydrogens (tertiary/aromatic N) is 2. The highest BCUT2D eigenvalue weighted by Crippen LogP contribution is 2.25. The molecule has 0 saturated carbocycles. The van der Waals surface area contributed by atoms with Crippen molar-refractivity contribution >= 4 is 5.91 Å². The van der Waals surface area contributed by atoms with Gasteiger partial charge in [-0.15, -0.1) is 0 Å². The minimum Gasteiger partial charge on any atom is -0.497 e. The van der Waals surface area contributed by atoms with Crippen molar-refractivity contribution in [1.29, 1.82) is 0 Å². The standard InChI is InChI=1S/C14H21N3O2/c1-16-7-8-17(10-14(15)18)9-13(16)11-3-5-12(19-2)6-4-11/h3-6,13H,7-10H2,1-2H3,(H2,15,18)/t13-/m1/s1. The van der Waals surface area contributed by atoms with Crippen LogP contribution in [-0.4, -0.2) is 56.0 Å². The highest BCUT2D eigenvalue weighted by atomic mass is 16.5. The molecule has 5 heteroatoms. The fourth-order valence-corrected chi connectivity index (χ4v) is 2.48. The third-order valence-electron chi connectivity index (χ3n) is 3.61. The number of rotatable bonds is 4.